The van der Waals surface area contributed by atoms with Crippen LogP contribution in [0.1, 0.15) is 51.4 Å². The van der Waals surface area contributed by atoms with E-state index < -0.39 is 5.97 Å². The highest BCUT2D eigenvalue weighted by molar-refractivity contribution is 7.17. The van der Waals surface area contributed by atoms with Gasteiger partial charge in [-0.3, -0.25) is 10.1 Å². The average Bonchev–Trinajstić information content (AvgIpc) is 3.32. The lowest BCUT2D eigenvalue weighted by Gasteiger charge is -2.10. The van der Waals surface area contributed by atoms with Crippen LogP contribution in [0.25, 0.3) is 0 Å². The monoisotopic (exact) mass is 416 g/mol. The molecule has 10 nitrogen and oxygen atoms in total. The molecule has 0 unspecified atom stereocenters. The molecule has 3 aromatic rings. The highest BCUT2D eigenvalue weighted by Gasteiger charge is 2.18. The molecule has 1 aromatic carbocycles. The van der Waals surface area contributed by atoms with Crippen molar-refractivity contribution in [2.24, 2.45) is 0 Å². The fourth-order valence-electron chi connectivity index (χ4n) is 2.48. The van der Waals surface area contributed by atoms with Crippen molar-refractivity contribution in [1.82, 2.24) is 25.2 Å². The minimum Gasteiger partial charge on any atom is -0.486 e. The number of tetrazole rings is 1. The summed E-state index contributed by atoms with van der Waals surface area (Å²) in [6.45, 7) is 5.79. The van der Waals surface area contributed by atoms with Gasteiger partial charge in [0, 0.05) is 5.56 Å². The molecule has 29 heavy (non-hydrogen) atoms. The number of ether oxygens (including phenoxy) is 2. The molecular weight excluding hydrogens is 396 g/mol. The van der Waals surface area contributed by atoms with Crippen LogP contribution in [0.5, 0.6) is 5.75 Å². The summed E-state index contributed by atoms with van der Waals surface area (Å²) < 4.78 is 12.1. The Kier molecular flexibility index (Phi) is 6.17. The molecular formula is C18H20N6O4S. The van der Waals surface area contributed by atoms with Crippen LogP contribution >= 0.6 is 11.3 Å². The molecule has 0 aliphatic heterocycles. The number of hydrogen-bond acceptors (Lipinski definition) is 9. The number of thiazole rings is 1. The Hall–Kier alpha value is -3.34. The van der Waals surface area contributed by atoms with Crippen molar-refractivity contribution in [3.05, 3.63) is 46.2 Å². The van der Waals surface area contributed by atoms with E-state index in [-0.39, 0.29) is 18.6 Å². The third-order valence-corrected chi connectivity index (χ3v) is 4.96. The van der Waals surface area contributed by atoms with E-state index in [4.69, 9.17) is 9.47 Å². The van der Waals surface area contributed by atoms with Gasteiger partial charge in [-0.25, -0.2) is 14.5 Å². The van der Waals surface area contributed by atoms with Crippen molar-refractivity contribution in [3.8, 4) is 5.75 Å². The Balaban J connectivity index is 1.68. The van der Waals surface area contributed by atoms with E-state index in [0.29, 0.717) is 32.8 Å². The molecule has 0 spiro atoms. The first-order chi connectivity index (χ1) is 13.9. The summed E-state index contributed by atoms with van der Waals surface area (Å²) in [6, 6.07) is 6.83. The number of aromatic nitrogens is 5. The second-order valence-corrected chi connectivity index (χ2v) is 7.33. The Bertz CT molecular complexity index is 1030. The maximum atomic E-state index is 12.5. The number of aryl methyl sites for hydroxylation is 1. The predicted molar refractivity (Wildman–Crippen MR) is 105 cm³/mol. The van der Waals surface area contributed by atoms with E-state index in [1.165, 1.54) is 7.11 Å². The van der Waals surface area contributed by atoms with E-state index in [1.807, 2.05) is 13.8 Å². The van der Waals surface area contributed by atoms with Crippen LogP contribution in [0.2, 0.25) is 0 Å². The van der Waals surface area contributed by atoms with Crippen molar-refractivity contribution >= 4 is 28.3 Å². The first-order valence-electron chi connectivity index (χ1n) is 8.75. The van der Waals surface area contributed by atoms with Gasteiger partial charge in [-0.2, -0.15) is 0 Å². The fourth-order valence-corrected chi connectivity index (χ4v) is 3.36. The lowest BCUT2D eigenvalue weighted by Crippen LogP contribution is -2.12. The summed E-state index contributed by atoms with van der Waals surface area (Å²) in [5, 5.41) is 14.5. The maximum Gasteiger partial charge on any atom is 0.350 e. The molecule has 0 saturated heterocycles. The van der Waals surface area contributed by atoms with Gasteiger partial charge >= 0.3 is 5.97 Å². The number of anilines is 1. The van der Waals surface area contributed by atoms with Gasteiger partial charge in [-0.05, 0) is 49.4 Å². The van der Waals surface area contributed by atoms with Gasteiger partial charge < -0.3 is 9.47 Å². The summed E-state index contributed by atoms with van der Waals surface area (Å²) in [5.41, 5.74) is 0.885. The Morgan fingerprint density at radius 2 is 2.10 bits per heavy atom. The van der Waals surface area contributed by atoms with Crippen molar-refractivity contribution in [3.63, 3.8) is 0 Å². The first-order valence-corrected chi connectivity index (χ1v) is 9.57. The SMILES string of the molecule is COC(=O)c1sc(NC(=O)c2cccc(OCc3nnnn3C(C)C)c2)nc1C. The second kappa shape index (κ2) is 8.78. The van der Waals surface area contributed by atoms with E-state index in [9.17, 15) is 9.59 Å². The normalized spacial score (nSPS) is 10.8. The number of amides is 1. The average molecular weight is 416 g/mol. The van der Waals surface area contributed by atoms with Crippen LogP contribution in [-0.4, -0.2) is 44.2 Å². The second-order valence-electron chi connectivity index (χ2n) is 6.33. The number of methoxy groups -OCH3 is 1. The smallest absolute Gasteiger partial charge is 0.350 e. The lowest BCUT2D eigenvalue weighted by molar-refractivity contribution is 0.0605. The molecule has 0 aliphatic rings. The van der Waals surface area contributed by atoms with Crippen molar-refractivity contribution in [2.45, 2.75) is 33.4 Å². The quantitative estimate of drug-likeness (QED) is 0.584. The fraction of sp³-hybridized carbons (Fsp3) is 0.333. The molecule has 0 saturated carbocycles. The predicted octanol–water partition coefficient (Wildman–Crippen LogP) is 2.64. The zero-order valence-corrected chi connectivity index (χ0v) is 17.2. The number of carbonyl (C=O) groups excluding carboxylic acids is 2. The van der Waals surface area contributed by atoms with Gasteiger partial charge in [-0.15, -0.1) is 5.10 Å². The lowest BCUT2D eigenvalue weighted by atomic mass is 10.2. The van der Waals surface area contributed by atoms with Gasteiger partial charge in [-0.1, -0.05) is 17.4 Å². The number of carbonyl (C=O) groups is 2. The summed E-state index contributed by atoms with van der Waals surface area (Å²) in [7, 11) is 1.30. The van der Waals surface area contributed by atoms with Crippen molar-refractivity contribution in [1.29, 1.82) is 0 Å². The molecule has 152 valence electrons. The molecule has 0 bridgehead atoms. The van der Waals surface area contributed by atoms with E-state index >= 15 is 0 Å². The van der Waals surface area contributed by atoms with Crippen LogP contribution in [0.15, 0.2) is 24.3 Å². The Morgan fingerprint density at radius 1 is 1.31 bits per heavy atom. The maximum absolute atomic E-state index is 12.5. The van der Waals surface area contributed by atoms with Gasteiger partial charge in [0.25, 0.3) is 5.91 Å². The van der Waals surface area contributed by atoms with Crippen molar-refractivity contribution in [2.75, 3.05) is 12.4 Å². The number of esters is 1. The molecule has 2 heterocycles. The number of nitrogens with zero attached hydrogens (tertiary/aromatic N) is 5. The number of nitrogens with one attached hydrogen (secondary N) is 1. The van der Waals surface area contributed by atoms with Gasteiger partial charge in [0.15, 0.2) is 11.0 Å². The third-order valence-electron chi connectivity index (χ3n) is 3.90. The first kappa shape index (κ1) is 20.4. The molecule has 2 aromatic heterocycles. The molecule has 0 atom stereocenters. The van der Waals surface area contributed by atoms with Crippen molar-refractivity contribution < 1.29 is 19.1 Å². The molecule has 11 heteroatoms. The highest BCUT2D eigenvalue weighted by Crippen LogP contribution is 2.24. The standard InChI is InChI=1S/C18H20N6O4S/c1-10(2)24-14(21-22-23-24)9-28-13-7-5-6-12(8-13)16(25)20-18-19-11(3)15(29-18)17(26)27-4/h5-8,10H,9H2,1-4H3,(H,19,20,25). The van der Waals surface area contributed by atoms with Gasteiger partial charge in [0.2, 0.25) is 0 Å². The van der Waals surface area contributed by atoms with Crippen LogP contribution in [0.3, 0.4) is 0 Å². The number of hydrogen-bond donors (Lipinski definition) is 1. The van der Waals surface area contributed by atoms with Crippen LogP contribution in [0.4, 0.5) is 5.13 Å². The highest BCUT2D eigenvalue weighted by atomic mass is 32.1. The summed E-state index contributed by atoms with van der Waals surface area (Å²) >= 11 is 1.06. The topological polar surface area (TPSA) is 121 Å². The minimum atomic E-state index is -0.486. The Morgan fingerprint density at radius 3 is 2.83 bits per heavy atom. The van der Waals surface area contributed by atoms with E-state index in [0.717, 1.165) is 11.3 Å². The molecule has 1 N–H and O–H groups in total. The molecule has 1 amide bonds. The zero-order valence-electron chi connectivity index (χ0n) is 16.4. The number of benzene rings is 1. The van der Waals surface area contributed by atoms with Gasteiger partial charge in [0.1, 0.15) is 17.2 Å². The summed E-state index contributed by atoms with van der Waals surface area (Å²) in [5.74, 6) is 0.234. The van der Waals surface area contributed by atoms with Gasteiger partial charge in [0.05, 0.1) is 18.8 Å². The van der Waals surface area contributed by atoms with Crippen LogP contribution < -0.4 is 10.1 Å². The molecule has 0 radical (unpaired) electrons. The van der Waals surface area contributed by atoms with Crippen LogP contribution in [0, 0.1) is 6.92 Å². The summed E-state index contributed by atoms with van der Waals surface area (Å²) in [4.78, 5) is 28.8. The number of rotatable bonds is 7. The molecule has 3 rings (SSSR count). The molecule has 0 fully saturated rings. The third kappa shape index (κ3) is 4.74. The molecule has 0 aliphatic carbocycles. The van der Waals surface area contributed by atoms with E-state index in [2.05, 4.69) is 25.8 Å². The minimum absolute atomic E-state index is 0.109. The van der Waals surface area contributed by atoms with E-state index in [1.54, 1.807) is 35.9 Å². The van der Waals surface area contributed by atoms with Crippen LogP contribution in [-0.2, 0) is 11.3 Å². The Labute approximate surface area is 170 Å². The largest absolute Gasteiger partial charge is 0.486 e. The summed E-state index contributed by atoms with van der Waals surface area (Å²) in [6.07, 6.45) is 0. The zero-order chi connectivity index (χ0) is 21.0.